The molecule has 0 aliphatic heterocycles. The summed E-state index contributed by atoms with van der Waals surface area (Å²) in [5.41, 5.74) is -0.0315. The van der Waals surface area contributed by atoms with Crippen LogP contribution in [-0.2, 0) is 0 Å². The molecule has 7 heteroatoms. The van der Waals surface area contributed by atoms with Crippen LogP contribution in [0.3, 0.4) is 0 Å². The highest BCUT2D eigenvalue weighted by Crippen LogP contribution is 2.29. The second kappa shape index (κ2) is 5.19. The van der Waals surface area contributed by atoms with Gasteiger partial charge in [-0.15, -0.1) is 0 Å². The van der Waals surface area contributed by atoms with Gasteiger partial charge in [-0.2, -0.15) is 0 Å². The standard InChI is InChI=1S/C12H8ClFN2O3/c1-19-8-2-3-9(10(14)6-8)11-4-7(16(17)18)5-12(13)15-11/h2-6H,1H3. The van der Waals surface area contributed by atoms with Crippen molar-refractivity contribution in [3.05, 3.63) is 51.4 Å². The quantitative estimate of drug-likeness (QED) is 0.491. The number of benzene rings is 1. The molecular weight excluding hydrogens is 275 g/mol. The molecule has 0 bridgehead atoms. The fraction of sp³-hybridized carbons (Fsp3) is 0.0833. The first-order valence-electron chi connectivity index (χ1n) is 5.17. The minimum atomic E-state index is -0.613. The van der Waals surface area contributed by atoms with E-state index in [0.717, 1.165) is 12.1 Å². The molecule has 0 amide bonds. The molecule has 0 N–H and O–H groups in total. The summed E-state index contributed by atoms with van der Waals surface area (Å²) in [6.45, 7) is 0. The molecule has 0 atom stereocenters. The van der Waals surface area contributed by atoms with E-state index < -0.39 is 10.7 Å². The van der Waals surface area contributed by atoms with Gasteiger partial charge in [-0.25, -0.2) is 9.37 Å². The molecule has 0 saturated heterocycles. The van der Waals surface area contributed by atoms with Crippen LogP contribution in [0.5, 0.6) is 5.75 Å². The monoisotopic (exact) mass is 282 g/mol. The summed E-state index contributed by atoms with van der Waals surface area (Å²) in [6, 6.07) is 6.40. The third-order valence-electron chi connectivity index (χ3n) is 2.44. The third-order valence-corrected chi connectivity index (χ3v) is 2.64. The summed E-state index contributed by atoms with van der Waals surface area (Å²) in [7, 11) is 1.41. The molecule has 1 aromatic carbocycles. The summed E-state index contributed by atoms with van der Waals surface area (Å²) >= 11 is 5.69. The van der Waals surface area contributed by atoms with Crippen molar-refractivity contribution in [1.82, 2.24) is 4.98 Å². The van der Waals surface area contributed by atoms with Crippen LogP contribution < -0.4 is 4.74 Å². The Bertz CT molecular complexity index is 649. The van der Waals surface area contributed by atoms with Gasteiger partial charge in [-0.1, -0.05) is 11.6 Å². The number of aromatic nitrogens is 1. The minimum Gasteiger partial charge on any atom is -0.497 e. The predicted octanol–water partition coefficient (Wildman–Crippen LogP) is 3.46. The van der Waals surface area contributed by atoms with E-state index in [-0.39, 0.29) is 22.1 Å². The molecule has 0 fully saturated rings. The summed E-state index contributed by atoms with van der Waals surface area (Å²) in [5, 5.41) is 10.7. The Morgan fingerprint density at radius 2 is 2.11 bits per heavy atom. The molecule has 0 radical (unpaired) electrons. The summed E-state index contributed by atoms with van der Waals surface area (Å²) in [5.74, 6) is -0.249. The number of hydrogen-bond donors (Lipinski definition) is 0. The molecule has 0 unspecified atom stereocenters. The van der Waals surface area contributed by atoms with E-state index in [9.17, 15) is 14.5 Å². The lowest BCUT2D eigenvalue weighted by Gasteiger charge is -2.05. The zero-order chi connectivity index (χ0) is 14.0. The number of halogens is 2. The first kappa shape index (κ1) is 13.2. The molecule has 0 spiro atoms. The molecule has 5 nitrogen and oxygen atoms in total. The van der Waals surface area contributed by atoms with Crippen molar-refractivity contribution in [2.24, 2.45) is 0 Å². The Morgan fingerprint density at radius 1 is 1.37 bits per heavy atom. The molecule has 19 heavy (non-hydrogen) atoms. The van der Waals surface area contributed by atoms with Crippen LogP contribution in [0.1, 0.15) is 0 Å². The van der Waals surface area contributed by atoms with Gasteiger partial charge >= 0.3 is 0 Å². The number of nitrogens with zero attached hydrogens (tertiary/aromatic N) is 2. The van der Waals surface area contributed by atoms with Gasteiger partial charge in [0.1, 0.15) is 16.7 Å². The smallest absolute Gasteiger partial charge is 0.274 e. The van der Waals surface area contributed by atoms with Crippen LogP contribution in [-0.4, -0.2) is 17.0 Å². The van der Waals surface area contributed by atoms with Crippen molar-refractivity contribution in [2.75, 3.05) is 7.11 Å². The number of methoxy groups -OCH3 is 1. The van der Waals surface area contributed by atoms with Crippen LogP contribution in [0, 0.1) is 15.9 Å². The Hall–Kier alpha value is -2.21. The van der Waals surface area contributed by atoms with Crippen molar-refractivity contribution in [2.45, 2.75) is 0 Å². The van der Waals surface area contributed by atoms with E-state index in [1.165, 1.54) is 25.3 Å². The first-order chi connectivity index (χ1) is 9.01. The fourth-order valence-electron chi connectivity index (χ4n) is 1.56. The first-order valence-corrected chi connectivity index (χ1v) is 5.55. The molecule has 0 aliphatic rings. The topological polar surface area (TPSA) is 65.3 Å². The van der Waals surface area contributed by atoms with E-state index in [4.69, 9.17) is 16.3 Å². The summed E-state index contributed by atoms with van der Waals surface area (Å²) in [6.07, 6.45) is 0. The molecule has 0 aliphatic carbocycles. The number of nitro groups is 1. The SMILES string of the molecule is COc1ccc(-c2cc([N+](=O)[O-])cc(Cl)n2)c(F)c1. The summed E-state index contributed by atoms with van der Waals surface area (Å²) < 4.78 is 18.7. The predicted molar refractivity (Wildman–Crippen MR) is 67.8 cm³/mol. The van der Waals surface area contributed by atoms with Crippen molar-refractivity contribution in [3.63, 3.8) is 0 Å². The van der Waals surface area contributed by atoms with E-state index in [0.29, 0.717) is 5.75 Å². The van der Waals surface area contributed by atoms with Gasteiger partial charge in [0, 0.05) is 17.7 Å². The van der Waals surface area contributed by atoms with Crippen molar-refractivity contribution in [1.29, 1.82) is 0 Å². The van der Waals surface area contributed by atoms with E-state index in [1.807, 2.05) is 0 Å². The number of ether oxygens (including phenoxy) is 1. The molecule has 1 aromatic heterocycles. The maximum absolute atomic E-state index is 13.9. The van der Waals surface area contributed by atoms with Gasteiger partial charge in [0.05, 0.1) is 23.8 Å². The molecular formula is C12H8ClFN2O3. The number of rotatable bonds is 3. The fourth-order valence-corrected chi connectivity index (χ4v) is 1.76. The Labute approximate surface area is 112 Å². The van der Waals surface area contributed by atoms with Gasteiger partial charge in [-0.3, -0.25) is 10.1 Å². The van der Waals surface area contributed by atoms with Gasteiger partial charge in [0.15, 0.2) is 0 Å². The summed E-state index contributed by atoms with van der Waals surface area (Å²) in [4.78, 5) is 14.0. The molecule has 98 valence electrons. The van der Waals surface area contributed by atoms with Gasteiger partial charge in [0.2, 0.25) is 0 Å². The van der Waals surface area contributed by atoms with Gasteiger partial charge in [-0.05, 0) is 12.1 Å². The van der Waals surface area contributed by atoms with E-state index in [2.05, 4.69) is 4.98 Å². The van der Waals surface area contributed by atoms with E-state index >= 15 is 0 Å². The van der Waals surface area contributed by atoms with Crippen LogP contribution in [0.2, 0.25) is 5.15 Å². The maximum Gasteiger partial charge on any atom is 0.274 e. The highest BCUT2D eigenvalue weighted by atomic mass is 35.5. The average molecular weight is 283 g/mol. The van der Waals surface area contributed by atoms with Crippen LogP contribution in [0.4, 0.5) is 10.1 Å². The van der Waals surface area contributed by atoms with Gasteiger partial charge < -0.3 is 4.74 Å². The molecule has 1 heterocycles. The van der Waals surface area contributed by atoms with Crippen LogP contribution in [0.15, 0.2) is 30.3 Å². The Balaban J connectivity index is 2.55. The minimum absolute atomic E-state index is 0.0700. The third kappa shape index (κ3) is 2.79. The van der Waals surface area contributed by atoms with Crippen LogP contribution in [0.25, 0.3) is 11.3 Å². The maximum atomic E-state index is 13.9. The molecule has 2 rings (SSSR count). The van der Waals surface area contributed by atoms with Crippen molar-refractivity contribution >= 4 is 17.3 Å². The largest absolute Gasteiger partial charge is 0.497 e. The lowest BCUT2D eigenvalue weighted by molar-refractivity contribution is -0.384. The highest BCUT2D eigenvalue weighted by molar-refractivity contribution is 6.29. The average Bonchev–Trinajstić information content (AvgIpc) is 2.37. The normalized spacial score (nSPS) is 10.3. The van der Waals surface area contributed by atoms with E-state index in [1.54, 1.807) is 0 Å². The zero-order valence-electron chi connectivity index (χ0n) is 9.76. The number of hydrogen-bond acceptors (Lipinski definition) is 4. The number of pyridine rings is 1. The Morgan fingerprint density at radius 3 is 2.68 bits per heavy atom. The van der Waals surface area contributed by atoms with Crippen molar-refractivity contribution in [3.8, 4) is 17.0 Å². The Kier molecular flexibility index (Phi) is 3.62. The lowest BCUT2D eigenvalue weighted by Crippen LogP contribution is -1.94. The second-order valence-corrected chi connectivity index (χ2v) is 4.02. The zero-order valence-corrected chi connectivity index (χ0v) is 10.5. The highest BCUT2D eigenvalue weighted by Gasteiger charge is 2.14. The molecule has 0 saturated carbocycles. The van der Waals surface area contributed by atoms with Crippen LogP contribution >= 0.6 is 11.6 Å². The van der Waals surface area contributed by atoms with Crippen molar-refractivity contribution < 1.29 is 14.1 Å². The lowest BCUT2D eigenvalue weighted by atomic mass is 10.1. The van der Waals surface area contributed by atoms with Gasteiger partial charge in [0.25, 0.3) is 5.69 Å². The second-order valence-electron chi connectivity index (χ2n) is 3.64. The molecule has 2 aromatic rings.